The zero-order chi connectivity index (χ0) is 32.5. The predicted octanol–water partition coefficient (Wildman–Crippen LogP) is 9.53. The highest BCUT2D eigenvalue weighted by Crippen LogP contribution is 2.38. The summed E-state index contributed by atoms with van der Waals surface area (Å²) in [6.07, 6.45) is 1.55. The minimum atomic E-state index is -0.661. The van der Waals surface area contributed by atoms with Gasteiger partial charge in [0.25, 0.3) is 11.8 Å². The number of nitrogens with one attached hydrogen (secondary N) is 3. The summed E-state index contributed by atoms with van der Waals surface area (Å²) in [7, 11) is 0. The zero-order valence-corrected chi connectivity index (χ0v) is 27.1. The van der Waals surface area contributed by atoms with Crippen LogP contribution in [0.25, 0.3) is 6.08 Å². The molecule has 3 N–H and O–H groups in total. The molecule has 230 valence electrons. The first-order valence-electron chi connectivity index (χ1n) is 14.0. The van der Waals surface area contributed by atoms with Crippen molar-refractivity contribution in [2.45, 2.75) is 10.1 Å². The second-order valence-electron chi connectivity index (χ2n) is 9.91. The Morgan fingerprint density at radius 3 is 2.13 bits per heavy atom. The molecule has 0 aliphatic heterocycles. The molecule has 5 aromatic rings. The minimum absolute atomic E-state index is 0.0223. The van der Waals surface area contributed by atoms with Crippen LogP contribution < -0.4 is 16.0 Å². The van der Waals surface area contributed by atoms with E-state index >= 15 is 0 Å². The van der Waals surface area contributed by atoms with Crippen LogP contribution in [0.5, 0.6) is 0 Å². The highest BCUT2D eigenvalue weighted by atomic mass is 35.5. The smallest absolute Gasteiger partial charge is 0.272 e. The summed E-state index contributed by atoms with van der Waals surface area (Å²) >= 11 is 20.0. The lowest BCUT2D eigenvalue weighted by molar-refractivity contribution is -0.116. The maximum Gasteiger partial charge on any atom is 0.272 e. The van der Waals surface area contributed by atoms with Gasteiger partial charge in [0.15, 0.2) is 0 Å². The van der Waals surface area contributed by atoms with Crippen LogP contribution in [-0.4, -0.2) is 17.7 Å². The molecule has 6 nitrogen and oxygen atoms in total. The van der Waals surface area contributed by atoms with Gasteiger partial charge in [0.2, 0.25) is 5.91 Å². The van der Waals surface area contributed by atoms with E-state index in [1.165, 1.54) is 11.8 Å². The predicted molar refractivity (Wildman–Crippen MR) is 189 cm³/mol. The van der Waals surface area contributed by atoms with Gasteiger partial charge in [-0.3, -0.25) is 14.4 Å². The second kappa shape index (κ2) is 15.7. The lowest BCUT2D eigenvalue weighted by Gasteiger charge is -2.18. The first-order valence-corrected chi connectivity index (χ1v) is 16.0. The van der Waals surface area contributed by atoms with Crippen molar-refractivity contribution in [2.24, 2.45) is 0 Å². The van der Waals surface area contributed by atoms with Gasteiger partial charge < -0.3 is 16.0 Å². The molecule has 0 fully saturated rings. The largest absolute Gasteiger partial charge is 0.323 e. The fourth-order valence-corrected chi connectivity index (χ4v) is 6.02. The molecular weight excluding hydrogens is 661 g/mol. The van der Waals surface area contributed by atoms with Gasteiger partial charge in [-0.15, -0.1) is 11.8 Å². The van der Waals surface area contributed by atoms with Crippen molar-refractivity contribution in [1.29, 1.82) is 0 Å². The van der Waals surface area contributed by atoms with Gasteiger partial charge in [-0.2, -0.15) is 0 Å². The number of rotatable bonds is 10. The van der Waals surface area contributed by atoms with Crippen LogP contribution in [0.15, 0.2) is 138 Å². The van der Waals surface area contributed by atoms with Crippen molar-refractivity contribution < 1.29 is 14.4 Å². The third-order valence-corrected chi connectivity index (χ3v) is 8.89. The third kappa shape index (κ3) is 8.80. The molecule has 1 atom stereocenters. The van der Waals surface area contributed by atoms with Crippen LogP contribution in [0.2, 0.25) is 15.1 Å². The molecule has 0 aromatic heterocycles. The number of carbonyl (C=O) groups is 3. The van der Waals surface area contributed by atoms with E-state index in [1.807, 2.05) is 36.4 Å². The Bertz CT molecular complexity index is 1900. The second-order valence-corrected chi connectivity index (χ2v) is 12.3. The number of anilines is 2. The highest BCUT2D eigenvalue weighted by Gasteiger charge is 2.24. The monoisotopic (exact) mass is 685 g/mol. The van der Waals surface area contributed by atoms with Gasteiger partial charge in [-0.25, -0.2) is 0 Å². The summed E-state index contributed by atoms with van der Waals surface area (Å²) in [6, 6.07) is 37.0. The van der Waals surface area contributed by atoms with Crippen LogP contribution in [-0.2, 0) is 9.59 Å². The van der Waals surface area contributed by atoms with E-state index in [9.17, 15) is 14.4 Å². The molecule has 1 unspecified atom stereocenters. The molecule has 0 aliphatic rings. The summed E-state index contributed by atoms with van der Waals surface area (Å²) in [5.74, 6) is -1.28. The van der Waals surface area contributed by atoms with Gasteiger partial charge in [0, 0.05) is 21.2 Å². The van der Waals surface area contributed by atoms with E-state index in [-0.39, 0.29) is 16.6 Å². The van der Waals surface area contributed by atoms with Crippen molar-refractivity contribution in [3.8, 4) is 0 Å². The zero-order valence-electron chi connectivity index (χ0n) is 24.0. The molecule has 10 heteroatoms. The molecule has 0 saturated carbocycles. The van der Waals surface area contributed by atoms with Crippen LogP contribution in [0.4, 0.5) is 11.4 Å². The van der Waals surface area contributed by atoms with E-state index in [2.05, 4.69) is 16.0 Å². The molecule has 0 spiro atoms. The Morgan fingerprint density at radius 1 is 0.696 bits per heavy atom. The van der Waals surface area contributed by atoms with E-state index in [1.54, 1.807) is 97.1 Å². The maximum absolute atomic E-state index is 13.6. The lowest BCUT2D eigenvalue weighted by Crippen LogP contribution is -2.30. The quantitative estimate of drug-likeness (QED) is 0.101. The molecule has 0 bridgehead atoms. The average molecular weight is 687 g/mol. The molecule has 46 heavy (non-hydrogen) atoms. The maximum atomic E-state index is 13.6. The number of carbonyl (C=O) groups excluding carboxylic acids is 3. The Balaban J connectivity index is 1.38. The van der Waals surface area contributed by atoms with Crippen LogP contribution in [0, 0.1) is 0 Å². The Labute approximate surface area is 285 Å². The lowest BCUT2D eigenvalue weighted by atomic mass is 10.1. The van der Waals surface area contributed by atoms with Crippen molar-refractivity contribution in [2.75, 3.05) is 10.6 Å². The van der Waals surface area contributed by atoms with Crippen LogP contribution in [0.3, 0.4) is 0 Å². The summed E-state index contributed by atoms with van der Waals surface area (Å²) in [5.41, 5.74) is 2.69. The molecule has 0 heterocycles. The van der Waals surface area contributed by atoms with Gasteiger partial charge in [-0.1, -0.05) is 108 Å². The molecule has 0 aliphatic carbocycles. The molecule has 0 saturated heterocycles. The Hall–Kier alpha value is -4.53. The van der Waals surface area contributed by atoms with E-state index in [0.717, 1.165) is 5.56 Å². The first-order chi connectivity index (χ1) is 22.3. The average Bonchev–Trinajstić information content (AvgIpc) is 3.06. The number of hydrogen-bond donors (Lipinski definition) is 3. The van der Waals surface area contributed by atoms with E-state index in [4.69, 9.17) is 34.8 Å². The summed E-state index contributed by atoms with van der Waals surface area (Å²) < 4.78 is 0. The van der Waals surface area contributed by atoms with Crippen molar-refractivity contribution >= 4 is 81.7 Å². The van der Waals surface area contributed by atoms with E-state index < -0.39 is 17.1 Å². The molecule has 5 rings (SSSR count). The van der Waals surface area contributed by atoms with Gasteiger partial charge >= 0.3 is 0 Å². The van der Waals surface area contributed by atoms with Crippen molar-refractivity contribution in [3.05, 3.63) is 165 Å². The number of amides is 3. The fourth-order valence-electron chi connectivity index (χ4n) is 4.39. The minimum Gasteiger partial charge on any atom is -0.323 e. The number of halogens is 3. The Kier molecular flexibility index (Phi) is 11.2. The van der Waals surface area contributed by atoms with E-state index in [0.29, 0.717) is 37.4 Å². The molecule has 3 amide bonds. The summed E-state index contributed by atoms with van der Waals surface area (Å²) in [5, 5.41) is 8.89. The number of benzene rings is 5. The molecular formula is C36H26Cl3N3O3S. The standard InChI is InChI=1S/C36H26Cl3N3O3S/c37-26-15-7-10-23(20-26)21-31(42-34(43)25-13-5-2-6-14-25)35(44)40-27-16-8-17-28(22-27)46-33(24-11-3-1-4-12-24)36(45)41-30-19-9-18-29(38)32(30)39/h1-22,33H,(H,40,44)(H,41,45)(H,42,43)/b31-21-. The third-order valence-electron chi connectivity index (χ3n) is 6.58. The summed E-state index contributed by atoms with van der Waals surface area (Å²) in [4.78, 5) is 40.9. The fraction of sp³-hybridized carbons (Fsp3) is 0.0278. The first kappa shape index (κ1) is 32.9. The van der Waals surface area contributed by atoms with Gasteiger partial charge in [-0.05, 0) is 71.8 Å². The molecule has 5 aromatic carbocycles. The summed E-state index contributed by atoms with van der Waals surface area (Å²) in [6.45, 7) is 0. The van der Waals surface area contributed by atoms with Crippen LogP contribution in [0.1, 0.15) is 26.7 Å². The Morgan fingerprint density at radius 2 is 1.39 bits per heavy atom. The van der Waals surface area contributed by atoms with Crippen molar-refractivity contribution in [1.82, 2.24) is 5.32 Å². The van der Waals surface area contributed by atoms with Gasteiger partial charge in [0.05, 0.1) is 15.7 Å². The SMILES string of the molecule is O=C(Nc1cccc(SC(C(=O)Nc2cccc(Cl)c2Cl)c2ccccc2)c1)/C(=C/c1cccc(Cl)c1)NC(=O)c1ccccc1. The molecule has 0 radical (unpaired) electrons. The van der Waals surface area contributed by atoms with Crippen molar-refractivity contribution in [3.63, 3.8) is 0 Å². The normalized spacial score (nSPS) is 11.8. The van der Waals surface area contributed by atoms with Gasteiger partial charge in [0.1, 0.15) is 10.9 Å². The number of hydrogen-bond acceptors (Lipinski definition) is 4. The topological polar surface area (TPSA) is 87.3 Å². The van der Waals surface area contributed by atoms with Crippen LogP contribution >= 0.6 is 46.6 Å². The highest BCUT2D eigenvalue weighted by molar-refractivity contribution is 8.00. The number of thioether (sulfide) groups is 1.